The molecule has 106 valence electrons. The van der Waals surface area contributed by atoms with Crippen LogP contribution in [0.25, 0.3) is 0 Å². The van der Waals surface area contributed by atoms with E-state index in [2.05, 4.69) is 6.07 Å². The number of piperazine rings is 1. The molecule has 0 aromatic heterocycles. The number of halogens is 1. The van der Waals surface area contributed by atoms with Gasteiger partial charge in [-0.3, -0.25) is 9.69 Å². The van der Waals surface area contributed by atoms with E-state index in [1.165, 1.54) is 7.11 Å². The normalized spacial score (nSPS) is 15.8. The number of hydrogen-bond donors (Lipinski definition) is 0. The van der Waals surface area contributed by atoms with Gasteiger partial charge in [0.25, 0.3) is 5.91 Å². The molecule has 1 aromatic carbocycles. The lowest BCUT2D eigenvalue weighted by molar-refractivity contribution is 0.0648. The highest BCUT2D eigenvalue weighted by atomic mass is 35.5. The first-order chi connectivity index (χ1) is 9.65. The lowest BCUT2D eigenvalue weighted by atomic mass is 10.1. The zero-order valence-electron chi connectivity index (χ0n) is 11.3. The van der Waals surface area contributed by atoms with Crippen LogP contribution in [0, 0.1) is 11.3 Å². The largest absolute Gasteiger partial charge is 0.496 e. The highest BCUT2D eigenvalue weighted by molar-refractivity contribution is 6.30. The van der Waals surface area contributed by atoms with Gasteiger partial charge >= 0.3 is 0 Å². The number of carbonyl (C=O) groups excluding carboxylic acids is 1. The fourth-order valence-corrected chi connectivity index (χ4v) is 2.38. The van der Waals surface area contributed by atoms with Gasteiger partial charge in [-0.1, -0.05) is 11.6 Å². The molecular formula is C14H16ClN3O2. The van der Waals surface area contributed by atoms with Crippen LogP contribution in [-0.2, 0) is 0 Å². The minimum Gasteiger partial charge on any atom is -0.496 e. The van der Waals surface area contributed by atoms with Crippen molar-refractivity contribution in [3.8, 4) is 11.8 Å². The predicted octanol–water partition coefficient (Wildman–Crippen LogP) is 1.63. The molecule has 1 heterocycles. The van der Waals surface area contributed by atoms with E-state index in [0.717, 1.165) is 13.1 Å². The van der Waals surface area contributed by atoms with Crippen LogP contribution in [0.4, 0.5) is 0 Å². The van der Waals surface area contributed by atoms with Crippen LogP contribution in [0.1, 0.15) is 10.4 Å². The second kappa shape index (κ2) is 6.60. The third-order valence-corrected chi connectivity index (χ3v) is 3.58. The lowest BCUT2D eigenvalue weighted by Crippen LogP contribution is -2.48. The van der Waals surface area contributed by atoms with Crippen molar-refractivity contribution in [2.75, 3.05) is 39.8 Å². The molecule has 1 aliphatic heterocycles. The molecule has 0 bridgehead atoms. The SMILES string of the molecule is COc1cc(Cl)ccc1C(=O)N1CCN(CC#N)CC1. The van der Waals surface area contributed by atoms with Crippen molar-refractivity contribution in [3.63, 3.8) is 0 Å². The molecule has 0 aliphatic carbocycles. The molecule has 20 heavy (non-hydrogen) atoms. The first-order valence-electron chi connectivity index (χ1n) is 6.38. The van der Waals surface area contributed by atoms with Gasteiger partial charge in [0.05, 0.1) is 25.3 Å². The van der Waals surface area contributed by atoms with Crippen molar-refractivity contribution in [2.24, 2.45) is 0 Å². The van der Waals surface area contributed by atoms with E-state index >= 15 is 0 Å². The van der Waals surface area contributed by atoms with Gasteiger partial charge in [-0.25, -0.2) is 0 Å². The Bertz CT molecular complexity index is 534. The number of carbonyl (C=O) groups is 1. The van der Waals surface area contributed by atoms with Gasteiger partial charge in [0.15, 0.2) is 0 Å². The van der Waals surface area contributed by atoms with Gasteiger partial charge in [-0.2, -0.15) is 5.26 Å². The summed E-state index contributed by atoms with van der Waals surface area (Å²) in [5.41, 5.74) is 0.519. The van der Waals surface area contributed by atoms with Gasteiger partial charge in [0.2, 0.25) is 0 Å². The highest BCUT2D eigenvalue weighted by Crippen LogP contribution is 2.24. The average Bonchev–Trinajstić information content (AvgIpc) is 2.47. The number of benzene rings is 1. The summed E-state index contributed by atoms with van der Waals surface area (Å²) in [4.78, 5) is 16.3. The Kier molecular flexibility index (Phi) is 4.83. The van der Waals surface area contributed by atoms with E-state index in [4.69, 9.17) is 21.6 Å². The average molecular weight is 294 g/mol. The van der Waals surface area contributed by atoms with Crippen LogP contribution in [0.15, 0.2) is 18.2 Å². The van der Waals surface area contributed by atoms with Gasteiger partial charge < -0.3 is 9.64 Å². The standard InChI is InChI=1S/C14H16ClN3O2/c1-20-13-10-11(15)2-3-12(13)14(19)18-8-6-17(5-4-16)7-9-18/h2-3,10H,5-9H2,1H3. The maximum absolute atomic E-state index is 12.5. The topological polar surface area (TPSA) is 56.6 Å². The third kappa shape index (κ3) is 3.21. The number of amides is 1. The summed E-state index contributed by atoms with van der Waals surface area (Å²) >= 11 is 5.90. The molecule has 1 saturated heterocycles. The summed E-state index contributed by atoms with van der Waals surface area (Å²) in [5.74, 6) is 0.428. The van der Waals surface area contributed by atoms with E-state index in [1.54, 1.807) is 23.1 Å². The molecule has 0 unspecified atom stereocenters. The first kappa shape index (κ1) is 14.6. The minimum atomic E-state index is -0.0601. The second-order valence-corrected chi connectivity index (χ2v) is 5.01. The highest BCUT2D eigenvalue weighted by Gasteiger charge is 2.24. The summed E-state index contributed by atoms with van der Waals surface area (Å²) in [6, 6.07) is 7.13. The Hall–Kier alpha value is -1.77. The smallest absolute Gasteiger partial charge is 0.257 e. The maximum atomic E-state index is 12.5. The second-order valence-electron chi connectivity index (χ2n) is 4.57. The van der Waals surface area contributed by atoms with Crippen LogP contribution in [0.3, 0.4) is 0 Å². The number of rotatable bonds is 3. The van der Waals surface area contributed by atoms with Crippen molar-refractivity contribution < 1.29 is 9.53 Å². The van der Waals surface area contributed by atoms with Gasteiger partial charge in [0, 0.05) is 31.2 Å². The number of methoxy groups -OCH3 is 1. The fourth-order valence-electron chi connectivity index (χ4n) is 2.22. The Morgan fingerprint density at radius 2 is 2.10 bits per heavy atom. The molecule has 2 rings (SSSR count). The Labute approximate surface area is 123 Å². The van der Waals surface area contributed by atoms with E-state index in [9.17, 15) is 4.79 Å². The van der Waals surface area contributed by atoms with Crippen LogP contribution in [0.2, 0.25) is 5.02 Å². The fraction of sp³-hybridized carbons (Fsp3) is 0.429. The van der Waals surface area contributed by atoms with Crippen molar-refractivity contribution in [1.29, 1.82) is 5.26 Å². The van der Waals surface area contributed by atoms with E-state index < -0.39 is 0 Å². The number of nitriles is 1. The molecule has 0 radical (unpaired) electrons. The first-order valence-corrected chi connectivity index (χ1v) is 6.75. The summed E-state index contributed by atoms with van der Waals surface area (Å²) in [5, 5.41) is 9.20. The van der Waals surface area contributed by atoms with Crippen LogP contribution < -0.4 is 4.74 Å². The van der Waals surface area contributed by atoms with Crippen LogP contribution in [-0.4, -0.2) is 55.5 Å². The number of hydrogen-bond acceptors (Lipinski definition) is 4. The summed E-state index contributed by atoms with van der Waals surface area (Å²) in [7, 11) is 1.52. The molecule has 0 atom stereocenters. The molecule has 0 saturated carbocycles. The predicted molar refractivity (Wildman–Crippen MR) is 76.0 cm³/mol. The Morgan fingerprint density at radius 1 is 1.40 bits per heavy atom. The zero-order chi connectivity index (χ0) is 14.5. The third-order valence-electron chi connectivity index (χ3n) is 3.35. The van der Waals surface area contributed by atoms with Crippen LogP contribution in [0.5, 0.6) is 5.75 Å². The van der Waals surface area contributed by atoms with E-state index in [-0.39, 0.29) is 5.91 Å². The number of nitrogens with zero attached hydrogens (tertiary/aromatic N) is 3. The molecule has 1 aliphatic rings. The zero-order valence-corrected chi connectivity index (χ0v) is 12.1. The Morgan fingerprint density at radius 3 is 2.70 bits per heavy atom. The molecule has 6 heteroatoms. The maximum Gasteiger partial charge on any atom is 0.257 e. The molecule has 0 spiro atoms. The van der Waals surface area contributed by atoms with E-state index in [0.29, 0.717) is 36.0 Å². The van der Waals surface area contributed by atoms with Crippen LogP contribution >= 0.6 is 11.6 Å². The minimum absolute atomic E-state index is 0.0601. The van der Waals surface area contributed by atoms with Crippen molar-refractivity contribution >= 4 is 17.5 Å². The van der Waals surface area contributed by atoms with Gasteiger partial charge in [-0.15, -0.1) is 0 Å². The summed E-state index contributed by atoms with van der Waals surface area (Å²) in [6.45, 7) is 3.08. The summed E-state index contributed by atoms with van der Waals surface area (Å²) in [6.07, 6.45) is 0. The lowest BCUT2D eigenvalue weighted by Gasteiger charge is -2.33. The van der Waals surface area contributed by atoms with E-state index in [1.807, 2.05) is 4.90 Å². The Balaban J connectivity index is 2.08. The molecule has 1 fully saturated rings. The molecular weight excluding hydrogens is 278 g/mol. The molecule has 5 nitrogen and oxygen atoms in total. The van der Waals surface area contributed by atoms with Crippen molar-refractivity contribution in [3.05, 3.63) is 28.8 Å². The van der Waals surface area contributed by atoms with Crippen molar-refractivity contribution in [2.45, 2.75) is 0 Å². The quantitative estimate of drug-likeness (QED) is 0.795. The molecule has 0 N–H and O–H groups in total. The molecule has 1 aromatic rings. The molecule has 1 amide bonds. The monoisotopic (exact) mass is 293 g/mol. The van der Waals surface area contributed by atoms with Gasteiger partial charge in [0.1, 0.15) is 5.75 Å². The summed E-state index contributed by atoms with van der Waals surface area (Å²) < 4.78 is 5.21. The number of ether oxygens (including phenoxy) is 1. The van der Waals surface area contributed by atoms with Gasteiger partial charge in [-0.05, 0) is 18.2 Å². The van der Waals surface area contributed by atoms with Crippen molar-refractivity contribution in [1.82, 2.24) is 9.80 Å².